The van der Waals surface area contributed by atoms with E-state index in [9.17, 15) is 4.79 Å². The molecule has 0 N–H and O–H groups in total. The van der Waals surface area contributed by atoms with Crippen molar-refractivity contribution in [3.8, 4) is 5.75 Å². The van der Waals surface area contributed by atoms with Gasteiger partial charge in [0.1, 0.15) is 12.4 Å². The molecular formula is C23H25BrN2O3. The summed E-state index contributed by atoms with van der Waals surface area (Å²) in [6.45, 7) is 4.61. The number of ether oxygens (including phenoxy) is 2. The Morgan fingerprint density at radius 3 is 2.79 bits per heavy atom. The number of aryl methyl sites for hydroxylation is 1. The lowest BCUT2D eigenvalue weighted by molar-refractivity contribution is -0.142. The van der Waals surface area contributed by atoms with Crippen LogP contribution in [0.3, 0.4) is 0 Å². The molecule has 1 heterocycles. The number of benzene rings is 2. The number of hydrogen-bond acceptors (Lipinski definition) is 4. The number of carbonyl (C=O) groups excluding carboxylic acids is 1. The highest BCUT2D eigenvalue weighted by atomic mass is 79.9. The minimum absolute atomic E-state index is 0.207. The van der Waals surface area contributed by atoms with E-state index in [2.05, 4.69) is 26.7 Å². The predicted molar refractivity (Wildman–Crippen MR) is 116 cm³/mol. The Balaban J connectivity index is 1.63. The molecule has 1 aliphatic rings. The molecule has 5 nitrogen and oxygen atoms in total. The van der Waals surface area contributed by atoms with E-state index in [-0.39, 0.29) is 12.4 Å². The fourth-order valence-corrected chi connectivity index (χ4v) is 4.07. The van der Waals surface area contributed by atoms with Crippen molar-refractivity contribution in [1.29, 1.82) is 0 Å². The zero-order valence-electron chi connectivity index (χ0n) is 16.8. The first kappa shape index (κ1) is 20.0. The zero-order chi connectivity index (χ0) is 20.4. The summed E-state index contributed by atoms with van der Waals surface area (Å²) in [6, 6.07) is 12.5. The predicted octanol–water partition coefficient (Wildman–Crippen LogP) is 5.52. The van der Waals surface area contributed by atoms with Crippen molar-refractivity contribution in [2.24, 2.45) is 0 Å². The third-order valence-electron chi connectivity index (χ3n) is 5.40. The first-order valence-corrected chi connectivity index (χ1v) is 10.9. The number of esters is 1. The molecule has 0 unspecified atom stereocenters. The van der Waals surface area contributed by atoms with Gasteiger partial charge in [-0.05, 0) is 57.4 Å². The van der Waals surface area contributed by atoms with Gasteiger partial charge in [0, 0.05) is 15.4 Å². The van der Waals surface area contributed by atoms with Crippen LogP contribution in [0, 0.1) is 6.92 Å². The maximum Gasteiger partial charge on any atom is 0.310 e. The summed E-state index contributed by atoms with van der Waals surface area (Å²) >= 11 is 3.57. The summed E-state index contributed by atoms with van der Waals surface area (Å²) in [5, 5.41) is 5.94. The third-order valence-corrected chi connectivity index (χ3v) is 5.90. The minimum atomic E-state index is -0.239. The van der Waals surface area contributed by atoms with E-state index in [1.54, 1.807) is 0 Å². The Hall–Kier alpha value is -2.34. The molecule has 3 aromatic rings. The number of rotatable bonds is 7. The first-order valence-electron chi connectivity index (χ1n) is 10.1. The van der Waals surface area contributed by atoms with Gasteiger partial charge < -0.3 is 9.47 Å². The largest absolute Gasteiger partial charge is 0.487 e. The van der Waals surface area contributed by atoms with Crippen LogP contribution in [-0.4, -0.2) is 22.4 Å². The first-order chi connectivity index (χ1) is 14.0. The number of aromatic nitrogens is 2. The van der Waals surface area contributed by atoms with Gasteiger partial charge in [-0.3, -0.25) is 9.48 Å². The summed E-state index contributed by atoms with van der Waals surface area (Å²) in [4.78, 5) is 12.0. The van der Waals surface area contributed by atoms with Gasteiger partial charge in [-0.25, -0.2) is 0 Å². The van der Waals surface area contributed by atoms with Crippen LogP contribution in [0.5, 0.6) is 5.75 Å². The van der Waals surface area contributed by atoms with Crippen molar-refractivity contribution in [2.75, 3.05) is 6.61 Å². The lowest BCUT2D eigenvalue weighted by Crippen LogP contribution is -2.21. The summed E-state index contributed by atoms with van der Waals surface area (Å²) in [7, 11) is 0. The van der Waals surface area contributed by atoms with Crippen molar-refractivity contribution in [3.05, 3.63) is 57.7 Å². The van der Waals surface area contributed by atoms with Gasteiger partial charge in [0.15, 0.2) is 0 Å². The molecule has 0 aliphatic heterocycles. The van der Waals surface area contributed by atoms with Crippen molar-refractivity contribution in [3.63, 3.8) is 0 Å². The molecule has 4 rings (SSSR count). The maximum atomic E-state index is 12.0. The van der Waals surface area contributed by atoms with Crippen LogP contribution in [-0.2, 0) is 22.6 Å². The highest BCUT2D eigenvalue weighted by Gasteiger charge is 2.25. The monoisotopic (exact) mass is 456 g/mol. The lowest BCUT2D eigenvalue weighted by Gasteiger charge is -2.27. The molecule has 0 bridgehead atoms. The molecule has 6 heteroatoms. The Kier molecular flexibility index (Phi) is 5.90. The summed E-state index contributed by atoms with van der Waals surface area (Å²) in [5.41, 5.74) is 4.00. The maximum absolute atomic E-state index is 12.0. The van der Waals surface area contributed by atoms with Crippen LogP contribution in [0.15, 0.2) is 40.9 Å². The highest BCUT2D eigenvalue weighted by Crippen LogP contribution is 2.35. The van der Waals surface area contributed by atoms with Crippen LogP contribution in [0.2, 0.25) is 0 Å². The number of carbonyl (C=O) groups is 1. The van der Waals surface area contributed by atoms with Crippen LogP contribution in [0.4, 0.5) is 0 Å². The number of fused-ring (bicyclic) bond motifs is 1. The lowest BCUT2D eigenvalue weighted by atomic mass is 9.93. The zero-order valence-corrected chi connectivity index (χ0v) is 18.4. The van der Waals surface area contributed by atoms with Crippen LogP contribution >= 0.6 is 15.9 Å². The van der Waals surface area contributed by atoms with E-state index in [4.69, 9.17) is 14.6 Å². The molecule has 2 aromatic carbocycles. The molecule has 0 atom stereocenters. The molecule has 29 heavy (non-hydrogen) atoms. The van der Waals surface area contributed by atoms with E-state index >= 15 is 0 Å². The second-order valence-corrected chi connectivity index (χ2v) is 8.43. The SMILES string of the molecule is CCOC(=O)Cc1cc(C)ccc1OCc1c2cc(Br)ccc2nn1C1CCC1. The Bertz CT molecular complexity index is 1040. The Morgan fingerprint density at radius 1 is 1.24 bits per heavy atom. The fraction of sp³-hybridized carbons (Fsp3) is 0.391. The summed E-state index contributed by atoms with van der Waals surface area (Å²) in [6.07, 6.45) is 3.76. The molecule has 1 saturated carbocycles. The summed E-state index contributed by atoms with van der Waals surface area (Å²) < 4.78 is 14.5. The van der Waals surface area contributed by atoms with Crippen LogP contribution in [0.25, 0.3) is 10.9 Å². The molecule has 1 fully saturated rings. The topological polar surface area (TPSA) is 53.4 Å². The standard InChI is InChI=1S/C23H25BrN2O3/c1-3-28-23(27)12-16-11-15(2)7-10-22(16)29-14-21-19-13-17(24)8-9-20(19)25-26(21)18-5-4-6-18/h7-11,13,18H,3-6,12,14H2,1-2H3. The average Bonchev–Trinajstić information content (AvgIpc) is 2.97. The Morgan fingerprint density at radius 2 is 2.07 bits per heavy atom. The second kappa shape index (κ2) is 8.57. The van der Waals surface area contributed by atoms with Gasteiger partial charge >= 0.3 is 5.97 Å². The molecule has 152 valence electrons. The van der Waals surface area contributed by atoms with Gasteiger partial charge in [0.2, 0.25) is 0 Å². The molecule has 0 spiro atoms. The smallest absolute Gasteiger partial charge is 0.310 e. The quantitative estimate of drug-likeness (QED) is 0.439. The molecule has 0 amide bonds. The third kappa shape index (κ3) is 4.32. The molecule has 1 aromatic heterocycles. The van der Waals surface area contributed by atoms with Crippen LogP contribution < -0.4 is 4.74 Å². The van der Waals surface area contributed by atoms with Crippen molar-refractivity contribution < 1.29 is 14.3 Å². The van der Waals surface area contributed by atoms with Crippen molar-refractivity contribution in [1.82, 2.24) is 9.78 Å². The Labute approximate surface area is 179 Å². The molecule has 0 saturated heterocycles. The molecule has 1 aliphatic carbocycles. The average molecular weight is 457 g/mol. The summed E-state index contributed by atoms with van der Waals surface area (Å²) in [5.74, 6) is 0.477. The number of nitrogens with zero attached hydrogens (tertiary/aromatic N) is 2. The van der Waals surface area contributed by atoms with Crippen LogP contribution in [0.1, 0.15) is 49.0 Å². The highest BCUT2D eigenvalue weighted by molar-refractivity contribution is 9.10. The van der Waals surface area contributed by atoms with Gasteiger partial charge in [-0.2, -0.15) is 5.10 Å². The van der Waals surface area contributed by atoms with Gasteiger partial charge in [0.25, 0.3) is 0 Å². The second-order valence-electron chi connectivity index (χ2n) is 7.52. The van der Waals surface area contributed by atoms with Gasteiger partial charge in [-0.1, -0.05) is 33.6 Å². The van der Waals surface area contributed by atoms with Gasteiger partial charge in [-0.15, -0.1) is 0 Å². The fourth-order valence-electron chi connectivity index (χ4n) is 3.70. The molecule has 0 radical (unpaired) electrons. The van der Waals surface area contributed by atoms with Gasteiger partial charge in [0.05, 0.1) is 30.3 Å². The van der Waals surface area contributed by atoms with Crippen molar-refractivity contribution >= 4 is 32.8 Å². The number of hydrogen-bond donors (Lipinski definition) is 0. The van der Waals surface area contributed by atoms with E-state index in [0.29, 0.717) is 25.0 Å². The van der Waals surface area contributed by atoms with Crippen molar-refractivity contribution in [2.45, 2.75) is 52.2 Å². The normalized spacial score (nSPS) is 14.0. The van der Waals surface area contributed by atoms with E-state index in [0.717, 1.165) is 45.0 Å². The number of halogens is 1. The molecular weight excluding hydrogens is 432 g/mol. The van der Waals surface area contributed by atoms with E-state index in [1.807, 2.05) is 44.2 Å². The van der Waals surface area contributed by atoms with E-state index < -0.39 is 0 Å². The minimum Gasteiger partial charge on any atom is -0.487 e. The van der Waals surface area contributed by atoms with E-state index in [1.165, 1.54) is 6.42 Å².